The van der Waals surface area contributed by atoms with Crippen molar-refractivity contribution < 1.29 is 28.8 Å². The molecule has 3 rings (SSSR count). The van der Waals surface area contributed by atoms with Crippen LogP contribution in [0.15, 0.2) is 0 Å². The van der Waals surface area contributed by atoms with Crippen molar-refractivity contribution in [2.75, 3.05) is 13.7 Å². The number of hydrogen-bond donors (Lipinski definition) is 1. The lowest BCUT2D eigenvalue weighted by Gasteiger charge is -2.23. The summed E-state index contributed by atoms with van der Waals surface area (Å²) in [5.74, 6) is -0.627. The van der Waals surface area contributed by atoms with Gasteiger partial charge in [0, 0.05) is 7.11 Å². The predicted molar refractivity (Wildman–Crippen MR) is 55.2 cm³/mol. The summed E-state index contributed by atoms with van der Waals surface area (Å²) < 4.78 is 27.9. The molecule has 0 bridgehead atoms. The van der Waals surface area contributed by atoms with E-state index in [1.54, 1.807) is 7.11 Å². The minimum Gasteiger partial charge on any atom is -0.394 e. The van der Waals surface area contributed by atoms with E-state index in [1.165, 1.54) is 0 Å². The van der Waals surface area contributed by atoms with Gasteiger partial charge in [-0.15, -0.1) is 0 Å². The Bertz CT molecular complexity index is 306. The molecule has 6 heteroatoms. The maximum absolute atomic E-state index is 9.02. The quantitative estimate of drug-likeness (QED) is 0.686. The van der Waals surface area contributed by atoms with Gasteiger partial charge in [-0.1, -0.05) is 0 Å². The van der Waals surface area contributed by atoms with Crippen LogP contribution in [-0.4, -0.2) is 61.4 Å². The second kappa shape index (κ2) is 3.88. The molecule has 0 saturated carbocycles. The van der Waals surface area contributed by atoms with E-state index >= 15 is 0 Å². The van der Waals surface area contributed by atoms with E-state index in [1.807, 2.05) is 13.8 Å². The average molecular weight is 246 g/mol. The Kier molecular flexibility index (Phi) is 2.70. The van der Waals surface area contributed by atoms with Crippen LogP contribution in [0, 0.1) is 0 Å². The van der Waals surface area contributed by atoms with Crippen molar-refractivity contribution in [2.24, 2.45) is 0 Å². The monoisotopic (exact) mass is 246 g/mol. The summed E-state index contributed by atoms with van der Waals surface area (Å²) >= 11 is 0. The molecule has 1 N–H and O–H groups in total. The Hall–Kier alpha value is -0.240. The SMILES string of the molecule is CO[C@@H]1O[C@H]([C@H]2O[C@@H]2CO)[C@H]2OC(C)(C)O[C@@H]12. The van der Waals surface area contributed by atoms with Crippen molar-refractivity contribution >= 4 is 0 Å². The maximum Gasteiger partial charge on any atom is 0.186 e. The van der Waals surface area contributed by atoms with Crippen molar-refractivity contribution in [1.29, 1.82) is 0 Å². The molecule has 0 radical (unpaired) electrons. The molecule has 0 spiro atoms. The van der Waals surface area contributed by atoms with Crippen LogP contribution < -0.4 is 0 Å². The number of methoxy groups -OCH3 is 1. The van der Waals surface area contributed by atoms with Gasteiger partial charge < -0.3 is 28.8 Å². The summed E-state index contributed by atoms with van der Waals surface area (Å²) in [6.07, 6.45) is -1.37. The fourth-order valence-corrected chi connectivity index (χ4v) is 2.64. The number of aliphatic hydroxyl groups excluding tert-OH is 1. The van der Waals surface area contributed by atoms with Gasteiger partial charge in [-0.2, -0.15) is 0 Å². The Morgan fingerprint density at radius 1 is 1.06 bits per heavy atom. The average Bonchev–Trinajstić information content (AvgIpc) is 2.89. The van der Waals surface area contributed by atoms with Crippen molar-refractivity contribution in [3.63, 3.8) is 0 Å². The minimum absolute atomic E-state index is 0.00378. The highest BCUT2D eigenvalue weighted by atomic mass is 16.8. The molecule has 0 aromatic heterocycles. The van der Waals surface area contributed by atoms with E-state index in [0.717, 1.165) is 0 Å². The molecule has 3 heterocycles. The zero-order chi connectivity index (χ0) is 12.2. The zero-order valence-electron chi connectivity index (χ0n) is 10.2. The molecule has 6 nitrogen and oxygen atoms in total. The number of epoxide rings is 1. The fraction of sp³-hybridized carbons (Fsp3) is 1.00. The molecule has 3 aliphatic rings. The van der Waals surface area contributed by atoms with E-state index in [-0.39, 0.29) is 37.1 Å². The number of ether oxygens (including phenoxy) is 5. The van der Waals surface area contributed by atoms with Gasteiger partial charge in [0.15, 0.2) is 12.1 Å². The van der Waals surface area contributed by atoms with Gasteiger partial charge in [0.1, 0.15) is 30.5 Å². The van der Waals surface area contributed by atoms with Crippen LogP contribution >= 0.6 is 0 Å². The predicted octanol–water partition coefficient (Wildman–Crippen LogP) is -0.363. The largest absolute Gasteiger partial charge is 0.394 e. The Balaban J connectivity index is 1.74. The molecule has 0 aliphatic carbocycles. The number of fused-ring (bicyclic) bond motifs is 1. The molecule has 0 aromatic rings. The second-order valence-corrected chi connectivity index (χ2v) is 5.09. The molecule has 17 heavy (non-hydrogen) atoms. The molecule has 3 fully saturated rings. The van der Waals surface area contributed by atoms with Gasteiger partial charge in [0.25, 0.3) is 0 Å². The molecule has 0 amide bonds. The third-order valence-electron chi connectivity index (χ3n) is 3.40. The highest BCUT2D eigenvalue weighted by Crippen LogP contribution is 2.44. The fourth-order valence-electron chi connectivity index (χ4n) is 2.64. The Morgan fingerprint density at radius 2 is 1.76 bits per heavy atom. The zero-order valence-corrected chi connectivity index (χ0v) is 10.2. The third kappa shape index (κ3) is 1.89. The van der Waals surface area contributed by atoms with E-state index in [0.29, 0.717) is 0 Å². The van der Waals surface area contributed by atoms with Crippen LogP contribution in [-0.2, 0) is 23.7 Å². The highest BCUT2D eigenvalue weighted by molar-refractivity contribution is 5.04. The number of rotatable bonds is 3. The summed E-state index contributed by atoms with van der Waals surface area (Å²) in [4.78, 5) is 0. The summed E-state index contributed by atoms with van der Waals surface area (Å²) in [5.41, 5.74) is 0. The van der Waals surface area contributed by atoms with E-state index in [2.05, 4.69) is 0 Å². The normalized spacial score (nSPS) is 51.5. The smallest absolute Gasteiger partial charge is 0.186 e. The van der Waals surface area contributed by atoms with Crippen LogP contribution in [0.5, 0.6) is 0 Å². The van der Waals surface area contributed by atoms with Gasteiger partial charge in [-0.05, 0) is 13.8 Å². The number of hydrogen-bond acceptors (Lipinski definition) is 6. The van der Waals surface area contributed by atoms with Crippen molar-refractivity contribution in [3.8, 4) is 0 Å². The Morgan fingerprint density at radius 3 is 2.35 bits per heavy atom. The molecular formula is C11H18O6. The molecule has 3 saturated heterocycles. The second-order valence-electron chi connectivity index (χ2n) is 5.09. The van der Waals surface area contributed by atoms with Crippen molar-refractivity contribution in [2.45, 2.75) is 56.4 Å². The third-order valence-corrected chi connectivity index (χ3v) is 3.40. The van der Waals surface area contributed by atoms with Gasteiger partial charge in [-0.3, -0.25) is 0 Å². The number of aliphatic hydroxyl groups is 1. The first-order chi connectivity index (χ1) is 8.05. The first kappa shape index (κ1) is 11.8. The summed E-state index contributed by atoms with van der Waals surface area (Å²) in [7, 11) is 1.58. The van der Waals surface area contributed by atoms with Gasteiger partial charge in [0.05, 0.1) is 6.61 Å². The summed E-state index contributed by atoms with van der Waals surface area (Å²) in [5, 5.41) is 9.02. The van der Waals surface area contributed by atoms with E-state index in [9.17, 15) is 0 Å². The maximum atomic E-state index is 9.02. The van der Waals surface area contributed by atoms with Gasteiger partial charge >= 0.3 is 0 Å². The molecule has 0 unspecified atom stereocenters. The lowest BCUT2D eigenvalue weighted by atomic mass is 10.1. The van der Waals surface area contributed by atoms with Crippen LogP contribution in [0.1, 0.15) is 13.8 Å². The van der Waals surface area contributed by atoms with Crippen molar-refractivity contribution in [1.82, 2.24) is 0 Å². The van der Waals surface area contributed by atoms with Gasteiger partial charge in [-0.25, -0.2) is 0 Å². The van der Waals surface area contributed by atoms with Crippen molar-refractivity contribution in [3.05, 3.63) is 0 Å². The van der Waals surface area contributed by atoms with E-state index < -0.39 is 12.1 Å². The molecule has 3 aliphatic heterocycles. The first-order valence-electron chi connectivity index (χ1n) is 5.86. The molecular weight excluding hydrogens is 228 g/mol. The first-order valence-corrected chi connectivity index (χ1v) is 5.86. The molecule has 98 valence electrons. The summed E-state index contributed by atoms with van der Waals surface area (Å²) in [6.45, 7) is 3.74. The Labute approximate surface area is 99.7 Å². The van der Waals surface area contributed by atoms with Gasteiger partial charge in [0.2, 0.25) is 0 Å². The van der Waals surface area contributed by atoms with Crippen LogP contribution in [0.3, 0.4) is 0 Å². The minimum atomic E-state index is -0.627. The highest BCUT2D eigenvalue weighted by Gasteiger charge is 2.62. The van der Waals surface area contributed by atoms with Crippen LogP contribution in [0.4, 0.5) is 0 Å². The topological polar surface area (TPSA) is 69.7 Å². The van der Waals surface area contributed by atoms with E-state index in [4.69, 9.17) is 28.8 Å². The lowest BCUT2D eigenvalue weighted by Crippen LogP contribution is -2.34. The van der Waals surface area contributed by atoms with Crippen LogP contribution in [0.2, 0.25) is 0 Å². The summed E-state index contributed by atoms with van der Waals surface area (Å²) in [6, 6.07) is 0. The molecule has 0 aromatic carbocycles. The molecule has 6 atom stereocenters. The van der Waals surface area contributed by atoms with Crippen LogP contribution in [0.25, 0.3) is 0 Å². The standard InChI is InChI=1S/C11H18O6/c1-11(2)16-8-7(6-5(4-12)14-6)15-10(13-3)9(8)17-11/h5-10,12H,4H2,1-3H3/t5-,6+,7-,8-,9-,10-/m1/s1. The lowest BCUT2D eigenvalue weighted by molar-refractivity contribution is -0.228.